The maximum absolute atomic E-state index is 12.9. The second-order valence-corrected chi connectivity index (χ2v) is 22.0. The molecule has 0 amide bonds. The molecule has 1 unspecified atom stereocenters. The molecule has 6 nitrogen and oxygen atoms in total. The second kappa shape index (κ2) is 62.2. The Morgan fingerprint density at radius 1 is 0.274 bits per heavy atom. The molecule has 73 heavy (non-hydrogen) atoms. The summed E-state index contributed by atoms with van der Waals surface area (Å²) in [5, 5.41) is 0. The molecule has 0 saturated carbocycles. The van der Waals surface area contributed by atoms with Crippen LogP contribution >= 0.6 is 0 Å². The molecular formula is C67H124O6. The van der Waals surface area contributed by atoms with Crippen molar-refractivity contribution in [3.8, 4) is 0 Å². The monoisotopic (exact) mass is 1020 g/mol. The first kappa shape index (κ1) is 70.6. The lowest BCUT2D eigenvalue weighted by Gasteiger charge is -2.18. The Balaban J connectivity index is 4.19. The van der Waals surface area contributed by atoms with Crippen LogP contribution in [0.1, 0.15) is 355 Å². The molecule has 6 heteroatoms. The molecule has 0 N–H and O–H groups in total. The topological polar surface area (TPSA) is 78.9 Å². The maximum atomic E-state index is 12.9. The molecule has 0 aromatic heterocycles. The Morgan fingerprint density at radius 3 is 0.822 bits per heavy atom. The van der Waals surface area contributed by atoms with Crippen molar-refractivity contribution in [1.82, 2.24) is 0 Å². The first-order chi connectivity index (χ1) is 36.0. The van der Waals surface area contributed by atoms with Crippen LogP contribution in [0, 0.1) is 0 Å². The number of carbonyl (C=O) groups is 3. The summed E-state index contributed by atoms with van der Waals surface area (Å²) in [6.45, 7) is 6.62. The van der Waals surface area contributed by atoms with Gasteiger partial charge in [0.2, 0.25) is 0 Å². The number of allylic oxidation sites excluding steroid dienone is 6. The highest BCUT2D eigenvalue weighted by Crippen LogP contribution is 2.18. The van der Waals surface area contributed by atoms with E-state index in [9.17, 15) is 14.4 Å². The van der Waals surface area contributed by atoms with Gasteiger partial charge in [-0.3, -0.25) is 14.4 Å². The largest absolute Gasteiger partial charge is 0.462 e. The Kier molecular flexibility index (Phi) is 60.2. The first-order valence-corrected chi connectivity index (χ1v) is 32.5. The molecule has 0 fully saturated rings. The smallest absolute Gasteiger partial charge is 0.306 e. The number of ether oxygens (including phenoxy) is 3. The van der Waals surface area contributed by atoms with Gasteiger partial charge in [0.25, 0.3) is 0 Å². The van der Waals surface area contributed by atoms with Crippen molar-refractivity contribution in [1.29, 1.82) is 0 Å². The van der Waals surface area contributed by atoms with E-state index in [1.165, 1.54) is 231 Å². The highest BCUT2D eigenvalue weighted by molar-refractivity contribution is 5.71. The predicted octanol–water partition coefficient (Wildman–Crippen LogP) is 22.0. The third-order valence-electron chi connectivity index (χ3n) is 14.6. The molecule has 0 rings (SSSR count). The number of carbonyl (C=O) groups excluding carboxylic acids is 3. The quantitative estimate of drug-likeness (QED) is 0.0261. The van der Waals surface area contributed by atoms with Gasteiger partial charge >= 0.3 is 17.9 Å². The van der Waals surface area contributed by atoms with Crippen molar-refractivity contribution >= 4 is 17.9 Å². The molecule has 0 aromatic carbocycles. The van der Waals surface area contributed by atoms with Crippen LogP contribution in [0.2, 0.25) is 0 Å². The van der Waals surface area contributed by atoms with Crippen LogP contribution in [0.15, 0.2) is 36.5 Å². The van der Waals surface area contributed by atoms with Crippen LogP contribution in [0.3, 0.4) is 0 Å². The van der Waals surface area contributed by atoms with E-state index < -0.39 is 6.10 Å². The van der Waals surface area contributed by atoms with E-state index in [0.29, 0.717) is 19.3 Å². The van der Waals surface area contributed by atoms with Crippen molar-refractivity contribution in [2.24, 2.45) is 0 Å². The summed E-state index contributed by atoms with van der Waals surface area (Å²) in [4.78, 5) is 38.2. The molecule has 428 valence electrons. The van der Waals surface area contributed by atoms with Crippen molar-refractivity contribution < 1.29 is 28.6 Å². The number of hydrogen-bond acceptors (Lipinski definition) is 6. The zero-order valence-electron chi connectivity index (χ0n) is 49.2. The Labute approximate surface area is 455 Å². The van der Waals surface area contributed by atoms with Gasteiger partial charge in [-0.05, 0) is 70.6 Å². The van der Waals surface area contributed by atoms with Crippen molar-refractivity contribution in [3.63, 3.8) is 0 Å². The lowest BCUT2D eigenvalue weighted by atomic mass is 10.0. The van der Waals surface area contributed by atoms with Crippen LogP contribution in [0.25, 0.3) is 0 Å². The van der Waals surface area contributed by atoms with Gasteiger partial charge in [-0.1, -0.05) is 301 Å². The highest BCUT2D eigenvalue weighted by atomic mass is 16.6. The Hall–Kier alpha value is -2.37. The molecule has 0 heterocycles. The average molecular weight is 1030 g/mol. The highest BCUT2D eigenvalue weighted by Gasteiger charge is 2.19. The number of rotatable bonds is 60. The van der Waals surface area contributed by atoms with E-state index in [-0.39, 0.29) is 31.1 Å². The first-order valence-electron chi connectivity index (χ1n) is 32.5. The number of hydrogen-bond donors (Lipinski definition) is 0. The zero-order chi connectivity index (χ0) is 52.9. The van der Waals surface area contributed by atoms with Gasteiger partial charge in [-0.25, -0.2) is 0 Å². The number of esters is 3. The van der Waals surface area contributed by atoms with Gasteiger partial charge in [-0.2, -0.15) is 0 Å². The maximum Gasteiger partial charge on any atom is 0.306 e. The standard InChI is InChI=1S/C67H124O6/c1-4-7-10-13-16-19-22-25-27-28-29-30-31-32-33-34-35-36-37-38-40-42-45-48-51-54-57-60-66(69)72-63-64(62-71-65(68)59-56-53-50-47-44-41-24-21-18-15-12-9-6-3)73-67(70)61-58-55-52-49-46-43-39-26-23-20-17-14-11-8-5-2/h12,15,21,24,28-29,64H,4-11,13-14,16-20,22-23,25-27,30-63H2,1-3H3/b15-12-,24-21-,29-28-. The molecule has 1 atom stereocenters. The molecule has 0 aliphatic rings. The van der Waals surface area contributed by atoms with Crippen LogP contribution < -0.4 is 0 Å². The van der Waals surface area contributed by atoms with Crippen molar-refractivity contribution in [2.75, 3.05) is 13.2 Å². The summed E-state index contributed by atoms with van der Waals surface area (Å²) in [7, 11) is 0. The van der Waals surface area contributed by atoms with Crippen molar-refractivity contribution in [3.05, 3.63) is 36.5 Å². The summed E-state index contributed by atoms with van der Waals surface area (Å²) < 4.78 is 16.9. The van der Waals surface area contributed by atoms with E-state index in [0.717, 1.165) is 83.5 Å². The average Bonchev–Trinajstić information content (AvgIpc) is 3.39. The van der Waals surface area contributed by atoms with Crippen molar-refractivity contribution in [2.45, 2.75) is 361 Å². The SMILES string of the molecule is CCC/C=C\C/C=C\CCCCCCCC(=O)OCC(COC(=O)CCCCCCCCCCCCCCCCC/C=C\CCCCCCCCCC)OC(=O)CCCCCCCCCCCCCCCCC. The summed E-state index contributed by atoms with van der Waals surface area (Å²) >= 11 is 0. The van der Waals surface area contributed by atoms with E-state index in [1.807, 2.05) is 0 Å². The minimum atomic E-state index is -0.774. The summed E-state index contributed by atoms with van der Waals surface area (Å²) in [6.07, 6.45) is 75.9. The molecular weight excluding hydrogens is 901 g/mol. The lowest BCUT2D eigenvalue weighted by molar-refractivity contribution is -0.167. The van der Waals surface area contributed by atoms with Crippen LogP contribution in [0.5, 0.6) is 0 Å². The van der Waals surface area contributed by atoms with Crippen LogP contribution in [-0.4, -0.2) is 37.2 Å². The van der Waals surface area contributed by atoms with Gasteiger partial charge in [0.15, 0.2) is 6.10 Å². The van der Waals surface area contributed by atoms with E-state index in [2.05, 4.69) is 57.2 Å². The van der Waals surface area contributed by atoms with E-state index >= 15 is 0 Å². The van der Waals surface area contributed by atoms with Gasteiger partial charge in [0.05, 0.1) is 0 Å². The van der Waals surface area contributed by atoms with Gasteiger partial charge in [0, 0.05) is 19.3 Å². The molecule has 0 aliphatic carbocycles. The van der Waals surface area contributed by atoms with Gasteiger partial charge in [0.1, 0.15) is 13.2 Å². The predicted molar refractivity (Wildman–Crippen MR) is 316 cm³/mol. The second-order valence-electron chi connectivity index (χ2n) is 22.0. The lowest BCUT2D eigenvalue weighted by Crippen LogP contribution is -2.30. The summed E-state index contributed by atoms with van der Waals surface area (Å²) in [6, 6.07) is 0. The third kappa shape index (κ3) is 60.4. The Bertz CT molecular complexity index is 1220. The molecule has 0 saturated heterocycles. The molecule has 0 bridgehead atoms. The van der Waals surface area contributed by atoms with E-state index in [1.54, 1.807) is 0 Å². The summed E-state index contributed by atoms with van der Waals surface area (Å²) in [5.74, 6) is -0.864. The number of unbranched alkanes of at least 4 members (excludes halogenated alkanes) is 43. The molecule has 0 aromatic rings. The van der Waals surface area contributed by atoms with Crippen LogP contribution in [-0.2, 0) is 28.6 Å². The molecule has 0 aliphatic heterocycles. The van der Waals surface area contributed by atoms with Gasteiger partial charge < -0.3 is 14.2 Å². The molecule has 0 radical (unpaired) electrons. The minimum absolute atomic E-state index is 0.0719. The van der Waals surface area contributed by atoms with E-state index in [4.69, 9.17) is 14.2 Å². The fourth-order valence-corrected chi connectivity index (χ4v) is 9.71. The van der Waals surface area contributed by atoms with Crippen LogP contribution in [0.4, 0.5) is 0 Å². The minimum Gasteiger partial charge on any atom is -0.462 e. The Morgan fingerprint density at radius 2 is 0.521 bits per heavy atom. The summed E-state index contributed by atoms with van der Waals surface area (Å²) in [5.41, 5.74) is 0. The fraction of sp³-hybridized carbons (Fsp3) is 0.866. The zero-order valence-corrected chi connectivity index (χ0v) is 49.2. The fourth-order valence-electron chi connectivity index (χ4n) is 9.71. The van der Waals surface area contributed by atoms with Gasteiger partial charge in [-0.15, -0.1) is 0 Å². The third-order valence-corrected chi connectivity index (χ3v) is 14.6. The molecule has 0 spiro atoms. The normalized spacial score (nSPS) is 12.2.